The molecule has 0 amide bonds. The molecule has 0 radical (unpaired) electrons. The molecule has 0 spiro atoms. The summed E-state index contributed by atoms with van der Waals surface area (Å²) in [6, 6.07) is 19.0. The van der Waals surface area contributed by atoms with Crippen LogP contribution >= 0.6 is 0 Å². The van der Waals surface area contributed by atoms with E-state index in [0.717, 1.165) is 80.7 Å². The monoisotopic (exact) mass is 513 g/mol. The van der Waals surface area contributed by atoms with E-state index < -0.39 is 12.4 Å². The van der Waals surface area contributed by atoms with E-state index in [4.69, 9.17) is 22.5 Å². The van der Waals surface area contributed by atoms with Gasteiger partial charge in [0.25, 0.3) is 0 Å². The van der Waals surface area contributed by atoms with Gasteiger partial charge in [0, 0.05) is 29.8 Å². The zero-order valence-electron chi connectivity index (χ0n) is 23.0. The van der Waals surface area contributed by atoms with Crippen LogP contribution in [0.4, 0.5) is 4.39 Å². The third-order valence-electron chi connectivity index (χ3n) is 7.39. The molecule has 38 heavy (non-hydrogen) atoms. The number of pyridine rings is 1. The molecule has 2 aliphatic heterocycles. The molecule has 6 rings (SSSR count). The van der Waals surface area contributed by atoms with Crippen LogP contribution in [0.5, 0.6) is 5.88 Å². The molecular formula is C30H30FN5O2. The van der Waals surface area contributed by atoms with E-state index in [-0.39, 0.29) is 29.0 Å². The lowest BCUT2D eigenvalue weighted by atomic mass is 9.93. The number of aromatic nitrogens is 3. The molecule has 0 saturated carbocycles. The Labute approximate surface area is 224 Å². The lowest BCUT2D eigenvalue weighted by Gasteiger charge is -2.32. The first-order valence-electron chi connectivity index (χ1n) is 14.0. The molecule has 2 aromatic heterocycles. The molecule has 0 aliphatic carbocycles. The van der Waals surface area contributed by atoms with Crippen LogP contribution in [0, 0.1) is 17.1 Å². The van der Waals surface area contributed by atoms with Gasteiger partial charge in [-0.15, -0.1) is 0 Å². The number of para-hydroxylation sites is 2. The molecule has 2 aliphatic rings. The second-order valence-electron chi connectivity index (χ2n) is 9.87. The summed E-state index contributed by atoms with van der Waals surface area (Å²) in [6.45, 7) is 1.75. The fraction of sp³-hybridized carbons (Fsp3) is 0.367. The highest BCUT2D eigenvalue weighted by atomic mass is 19.1. The highest BCUT2D eigenvalue weighted by Gasteiger charge is 2.25. The van der Waals surface area contributed by atoms with Gasteiger partial charge < -0.3 is 14.0 Å². The SMILES string of the molecule is [2H]C([2H])(Oc1cccc(C2CCN(Cc3nc4ccccc4n3C[C@@H]3CCO3)CC2)n1)c1ccc(C#N)cc1F. The smallest absolute Gasteiger partial charge is 0.213 e. The van der Waals surface area contributed by atoms with Gasteiger partial charge in [0.15, 0.2) is 0 Å². The van der Waals surface area contributed by atoms with E-state index in [0.29, 0.717) is 0 Å². The van der Waals surface area contributed by atoms with Crippen molar-refractivity contribution in [3.63, 3.8) is 0 Å². The molecule has 7 nitrogen and oxygen atoms in total. The second-order valence-corrected chi connectivity index (χ2v) is 9.87. The van der Waals surface area contributed by atoms with Gasteiger partial charge in [-0.25, -0.2) is 14.4 Å². The predicted molar refractivity (Wildman–Crippen MR) is 141 cm³/mol. The van der Waals surface area contributed by atoms with Crippen LogP contribution < -0.4 is 4.74 Å². The topological polar surface area (TPSA) is 76.2 Å². The Morgan fingerprint density at radius 2 is 1.92 bits per heavy atom. The zero-order chi connectivity index (χ0) is 27.7. The van der Waals surface area contributed by atoms with Crippen molar-refractivity contribution < 1.29 is 16.6 Å². The van der Waals surface area contributed by atoms with Gasteiger partial charge in [0.05, 0.1) is 44.6 Å². The molecule has 2 fully saturated rings. The van der Waals surface area contributed by atoms with E-state index >= 15 is 0 Å². The Kier molecular flexibility index (Phi) is 6.37. The summed E-state index contributed by atoms with van der Waals surface area (Å²) in [5.41, 5.74) is 2.83. The Morgan fingerprint density at radius 1 is 1.08 bits per heavy atom. The number of nitrogens with zero attached hydrogens (tertiary/aromatic N) is 5. The summed E-state index contributed by atoms with van der Waals surface area (Å²) in [5.74, 6) is 0.530. The van der Waals surface area contributed by atoms with Gasteiger partial charge in [-0.1, -0.05) is 24.3 Å². The minimum absolute atomic E-state index is 0.0978. The van der Waals surface area contributed by atoms with Crippen LogP contribution in [-0.4, -0.2) is 45.2 Å². The summed E-state index contributed by atoms with van der Waals surface area (Å²) in [6.07, 6.45) is 3.14. The minimum atomic E-state index is -2.44. The fourth-order valence-corrected chi connectivity index (χ4v) is 5.16. The number of piperidine rings is 1. The third kappa shape index (κ3) is 5.26. The predicted octanol–water partition coefficient (Wildman–Crippen LogP) is 5.19. The zero-order valence-corrected chi connectivity index (χ0v) is 21.0. The van der Waals surface area contributed by atoms with Gasteiger partial charge in [-0.05, 0) is 62.7 Å². The second kappa shape index (κ2) is 10.9. The maximum absolute atomic E-state index is 14.5. The minimum Gasteiger partial charge on any atom is -0.473 e. The van der Waals surface area contributed by atoms with Gasteiger partial charge in [0.1, 0.15) is 18.2 Å². The molecule has 4 heterocycles. The number of ether oxygens (including phenoxy) is 2. The Morgan fingerprint density at radius 3 is 2.68 bits per heavy atom. The van der Waals surface area contributed by atoms with Crippen molar-refractivity contribution in [2.45, 2.75) is 50.9 Å². The van der Waals surface area contributed by atoms with Gasteiger partial charge >= 0.3 is 0 Å². The summed E-state index contributed by atoms with van der Waals surface area (Å²) >= 11 is 0. The van der Waals surface area contributed by atoms with E-state index in [1.165, 1.54) is 12.1 Å². The van der Waals surface area contributed by atoms with Crippen LogP contribution in [-0.2, 0) is 24.4 Å². The Balaban J connectivity index is 1.11. The van der Waals surface area contributed by atoms with Crippen LogP contribution in [0.2, 0.25) is 0 Å². The van der Waals surface area contributed by atoms with Crippen molar-refractivity contribution in [2.24, 2.45) is 0 Å². The van der Waals surface area contributed by atoms with Crippen LogP contribution in [0.1, 0.15) is 50.6 Å². The molecule has 2 saturated heterocycles. The van der Waals surface area contributed by atoms with Gasteiger partial charge in [0.2, 0.25) is 5.88 Å². The highest BCUT2D eigenvalue weighted by molar-refractivity contribution is 5.75. The van der Waals surface area contributed by atoms with Crippen molar-refractivity contribution >= 4 is 11.0 Å². The Bertz CT molecular complexity index is 1560. The number of halogens is 1. The van der Waals surface area contributed by atoms with E-state index in [1.54, 1.807) is 12.1 Å². The van der Waals surface area contributed by atoms with E-state index in [9.17, 15) is 4.39 Å². The van der Waals surface area contributed by atoms with Crippen molar-refractivity contribution in [3.8, 4) is 11.9 Å². The number of benzene rings is 2. The first-order valence-corrected chi connectivity index (χ1v) is 13.0. The molecule has 4 aromatic rings. The number of hydrogen-bond acceptors (Lipinski definition) is 6. The number of imidazole rings is 1. The van der Waals surface area contributed by atoms with E-state index in [2.05, 4.69) is 32.7 Å². The summed E-state index contributed by atoms with van der Waals surface area (Å²) in [4.78, 5) is 11.9. The van der Waals surface area contributed by atoms with Crippen molar-refractivity contribution in [1.82, 2.24) is 19.4 Å². The number of nitriles is 1. The average Bonchev–Trinajstić information content (AvgIpc) is 3.27. The summed E-state index contributed by atoms with van der Waals surface area (Å²) in [7, 11) is 0. The lowest BCUT2D eigenvalue weighted by Crippen LogP contribution is -2.35. The van der Waals surface area contributed by atoms with Gasteiger partial charge in [-0.2, -0.15) is 5.26 Å². The maximum atomic E-state index is 14.5. The van der Waals surface area contributed by atoms with Crippen molar-refractivity contribution in [1.29, 1.82) is 5.26 Å². The highest BCUT2D eigenvalue weighted by Crippen LogP contribution is 2.29. The van der Waals surface area contributed by atoms with Crippen LogP contribution in [0.15, 0.2) is 60.7 Å². The summed E-state index contributed by atoms with van der Waals surface area (Å²) in [5, 5.41) is 8.96. The molecule has 194 valence electrons. The van der Waals surface area contributed by atoms with Crippen LogP contribution in [0.3, 0.4) is 0 Å². The first kappa shape index (κ1) is 22.2. The number of hydrogen-bond donors (Lipinski definition) is 0. The van der Waals surface area contributed by atoms with Gasteiger partial charge in [-0.3, -0.25) is 4.90 Å². The Hall–Kier alpha value is -3.80. The number of fused-ring (bicyclic) bond motifs is 1. The average molecular weight is 514 g/mol. The quantitative estimate of drug-likeness (QED) is 0.323. The van der Waals surface area contributed by atoms with Crippen LogP contribution in [0.25, 0.3) is 11.0 Å². The third-order valence-corrected chi connectivity index (χ3v) is 7.39. The fourth-order valence-electron chi connectivity index (χ4n) is 5.16. The molecular weight excluding hydrogens is 481 g/mol. The first-order chi connectivity index (χ1) is 19.4. The number of likely N-dealkylation sites (tertiary alicyclic amines) is 1. The maximum Gasteiger partial charge on any atom is 0.213 e. The summed E-state index contributed by atoms with van der Waals surface area (Å²) < 4.78 is 44.6. The van der Waals surface area contributed by atoms with Crippen molar-refractivity contribution in [3.05, 3.63) is 89.1 Å². The normalized spacial score (nSPS) is 19.4. The molecule has 0 N–H and O–H groups in total. The lowest BCUT2D eigenvalue weighted by molar-refractivity contribution is -0.0592. The number of rotatable bonds is 8. The van der Waals surface area contributed by atoms with E-state index in [1.807, 2.05) is 18.2 Å². The largest absolute Gasteiger partial charge is 0.473 e. The molecule has 1 atom stereocenters. The molecule has 2 aromatic carbocycles. The molecule has 0 bridgehead atoms. The molecule has 8 heteroatoms. The van der Waals surface area contributed by atoms with Crippen molar-refractivity contribution in [2.75, 3.05) is 19.7 Å². The molecule has 0 unspecified atom stereocenters. The standard InChI is InChI=1S/C30H30FN5O2/c31-25-16-21(17-32)8-9-23(25)20-38-30-7-3-5-26(34-30)22-10-13-35(14-11-22)19-29-33-27-4-1-2-6-28(27)36(29)18-24-12-15-37-24/h1-9,16,22,24H,10-15,18-20H2/t24-/m0/s1/i20D2.